The zero-order chi connectivity index (χ0) is 14.5. The Bertz CT molecular complexity index is 476. The Balaban J connectivity index is 2.00. The lowest BCUT2D eigenvalue weighted by atomic mass is 9.82. The molecule has 1 saturated carbocycles. The lowest BCUT2D eigenvalue weighted by molar-refractivity contribution is -0.384. The number of non-ortho nitro benzene ring substituents is 1. The van der Waals surface area contributed by atoms with E-state index >= 15 is 0 Å². The van der Waals surface area contributed by atoms with Crippen molar-refractivity contribution in [2.75, 3.05) is 19.0 Å². The molecule has 1 aromatic carbocycles. The molecule has 110 valence electrons. The molecule has 1 aliphatic rings. The number of nitrogens with one attached hydrogen (secondary N) is 1. The molecule has 0 bridgehead atoms. The van der Waals surface area contributed by atoms with Crippen molar-refractivity contribution in [1.29, 1.82) is 0 Å². The molecule has 0 radical (unpaired) electrons. The number of hydrogen-bond acceptors (Lipinski definition) is 4. The Morgan fingerprint density at radius 2 is 2.25 bits per heavy atom. The predicted molar refractivity (Wildman–Crippen MR) is 79.3 cm³/mol. The van der Waals surface area contributed by atoms with Gasteiger partial charge in [0.05, 0.1) is 23.8 Å². The van der Waals surface area contributed by atoms with Gasteiger partial charge in [0.2, 0.25) is 0 Å². The van der Waals surface area contributed by atoms with Crippen molar-refractivity contribution in [2.24, 2.45) is 11.8 Å². The number of hydrogen-bond donors (Lipinski definition) is 1. The van der Waals surface area contributed by atoms with E-state index in [0.29, 0.717) is 11.7 Å². The van der Waals surface area contributed by atoms with Crippen LogP contribution >= 0.6 is 0 Å². The smallest absolute Gasteiger partial charge is 0.273 e. The summed E-state index contributed by atoms with van der Waals surface area (Å²) in [5.41, 5.74) is 0.884. The summed E-state index contributed by atoms with van der Waals surface area (Å²) >= 11 is 0. The average molecular weight is 278 g/mol. The first-order valence-electron chi connectivity index (χ1n) is 7.16. The van der Waals surface area contributed by atoms with E-state index in [9.17, 15) is 10.1 Å². The molecule has 20 heavy (non-hydrogen) atoms. The van der Waals surface area contributed by atoms with E-state index < -0.39 is 4.92 Å². The topological polar surface area (TPSA) is 64.4 Å². The Labute approximate surface area is 119 Å². The predicted octanol–water partition coefficient (Wildman–Crippen LogP) is 3.84. The number of nitro groups is 1. The van der Waals surface area contributed by atoms with Gasteiger partial charge in [0, 0.05) is 12.6 Å². The highest BCUT2D eigenvalue weighted by molar-refractivity contribution is 5.60. The lowest BCUT2D eigenvalue weighted by Crippen LogP contribution is -2.21. The molecule has 0 saturated heterocycles. The lowest BCUT2D eigenvalue weighted by Gasteiger charge is -2.27. The standard InChI is InChI=1S/C15H22N2O3/c1-11-4-3-5-12(8-11)10-16-14-7-6-13(17(18)19)9-15(14)20-2/h6-7,9,11-12,16H,3-5,8,10H2,1-2H3. The van der Waals surface area contributed by atoms with Gasteiger partial charge in [0.25, 0.3) is 5.69 Å². The largest absolute Gasteiger partial charge is 0.494 e. The molecule has 1 aliphatic carbocycles. The highest BCUT2D eigenvalue weighted by atomic mass is 16.6. The Morgan fingerprint density at radius 1 is 1.45 bits per heavy atom. The SMILES string of the molecule is COc1cc([N+](=O)[O-])ccc1NCC1CCCC(C)C1. The van der Waals surface area contributed by atoms with Crippen LogP contribution in [0.15, 0.2) is 18.2 Å². The molecule has 0 heterocycles. The normalized spacial score (nSPS) is 22.3. The quantitative estimate of drug-likeness (QED) is 0.656. The number of anilines is 1. The highest BCUT2D eigenvalue weighted by Crippen LogP contribution is 2.32. The number of nitro benzene ring substituents is 1. The number of benzene rings is 1. The molecule has 0 spiro atoms. The summed E-state index contributed by atoms with van der Waals surface area (Å²) in [7, 11) is 1.53. The third kappa shape index (κ3) is 3.62. The van der Waals surface area contributed by atoms with Gasteiger partial charge in [0.15, 0.2) is 0 Å². The fourth-order valence-electron chi connectivity index (χ4n) is 2.94. The molecule has 1 fully saturated rings. The Morgan fingerprint density at radius 3 is 2.90 bits per heavy atom. The van der Waals surface area contributed by atoms with Gasteiger partial charge < -0.3 is 10.1 Å². The summed E-state index contributed by atoms with van der Waals surface area (Å²) in [6, 6.07) is 4.70. The van der Waals surface area contributed by atoms with Crippen LogP contribution in [-0.4, -0.2) is 18.6 Å². The molecule has 0 aromatic heterocycles. The van der Waals surface area contributed by atoms with Crippen LogP contribution in [0.1, 0.15) is 32.6 Å². The molecule has 0 aliphatic heterocycles. The fourth-order valence-corrected chi connectivity index (χ4v) is 2.94. The third-order valence-corrected chi connectivity index (χ3v) is 4.02. The summed E-state index contributed by atoms with van der Waals surface area (Å²) in [6.45, 7) is 3.21. The second-order valence-corrected chi connectivity index (χ2v) is 5.66. The first kappa shape index (κ1) is 14.6. The van der Waals surface area contributed by atoms with Gasteiger partial charge in [-0.3, -0.25) is 10.1 Å². The Hall–Kier alpha value is -1.78. The number of rotatable bonds is 5. The van der Waals surface area contributed by atoms with Gasteiger partial charge in [-0.2, -0.15) is 0 Å². The molecule has 2 atom stereocenters. The minimum absolute atomic E-state index is 0.0543. The van der Waals surface area contributed by atoms with Crippen molar-refractivity contribution in [3.05, 3.63) is 28.3 Å². The molecule has 0 amide bonds. The van der Waals surface area contributed by atoms with Crippen molar-refractivity contribution in [2.45, 2.75) is 32.6 Å². The summed E-state index contributed by atoms with van der Waals surface area (Å²) < 4.78 is 5.23. The van der Waals surface area contributed by atoms with Gasteiger partial charge in [-0.1, -0.05) is 19.8 Å². The number of methoxy groups -OCH3 is 1. The second kappa shape index (κ2) is 6.59. The van der Waals surface area contributed by atoms with Crippen molar-refractivity contribution in [3.63, 3.8) is 0 Å². The molecule has 5 nitrogen and oxygen atoms in total. The molecule has 1 aromatic rings. The van der Waals surface area contributed by atoms with E-state index in [-0.39, 0.29) is 5.69 Å². The van der Waals surface area contributed by atoms with Gasteiger partial charge in [-0.15, -0.1) is 0 Å². The maximum Gasteiger partial charge on any atom is 0.273 e. The second-order valence-electron chi connectivity index (χ2n) is 5.66. The molecule has 2 unspecified atom stereocenters. The van der Waals surface area contributed by atoms with Crippen molar-refractivity contribution in [1.82, 2.24) is 0 Å². The summed E-state index contributed by atoms with van der Waals surface area (Å²) in [4.78, 5) is 10.3. The summed E-state index contributed by atoms with van der Waals surface area (Å²) in [5, 5.41) is 14.1. The van der Waals surface area contributed by atoms with E-state index in [4.69, 9.17) is 4.74 Å². The van der Waals surface area contributed by atoms with Gasteiger partial charge >= 0.3 is 0 Å². The van der Waals surface area contributed by atoms with Crippen LogP contribution in [0.4, 0.5) is 11.4 Å². The van der Waals surface area contributed by atoms with E-state index in [1.807, 2.05) is 0 Å². The first-order chi connectivity index (χ1) is 9.60. The summed E-state index contributed by atoms with van der Waals surface area (Å²) in [6.07, 6.45) is 5.14. The molecule has 1 N–H and O–H groups in total. The van der Waals surface area contributed by atoms with Crippen LogP contribution in [0.3, 0.4) is 0 Å². The van der Waals surface area contributed by atoms with Crippen molar-refractivity contribution >= 4 is 11.4 Å². The minimum Gasteiger partial charge on any atom is -0.494 e. The van der Waals surface area contributed by atoms with Gasteiger partial charge in [-0.05, 0) is 30.7 Å². The van der Waals surface area contributed by atoms with Crippen molar-refractivity contribution in [3.8, 4) is 5.75 Å². The van der Waals surface area contributed by atoms with Crippen molar-refractivity contribution < 1.29 is 9.66 Å². The zero-order valence-corrected chi connectivity index (χ0v) is 12.1. The number of ether oxygens (including phenoxy) is 1. The Kier molecular flexibility index (Phi) is 4.82. The van der Waals surface area contributed by atoms with E-state index in [2.05, 4.69) is 12.2 Å². The number of nitrogens with zero attached hydrogens (tertiary/aromatic N) is 1. The van der Waals surface area contributed by atoms with Gasteiger partial charge in [-0.25, -0.2) is 0 Å². The first-order valence-corrected chi connectivity index (χ1v) is 7.16. The third-order valence-electron chi connectivity index (χ3n) is 4.02. The molecular formula is C15H22N2O3. The zero-order valence-electron chi connectivity index (χ0n) is 12.1. The van der Waals surface area contributed by atoms with E-state index in [1.54, 1.807) is 6.07 Å². The average Bonchev–Trinajstić information content (AvgIpc) is 2.45. The van der Waals surface area contributed by atoms with E-state index in [0.717, 1.165) is 18.2 Å². The van der Waals surface area contributed by atoms with Gasteiger partial charge in [0.1, 0.15) is 5.75 Å². The van der Waals surface area contributed by atoms with Crippen LogP contribution in [-0.2, 0) is 0 Å². The van der Waals surface area contributed by atoms with Crippen LogP contribution in [0.2, 0.25) is 0 Å². The maximum atomic E-state index is 10.8. The van der Waals surface area contributed by atoms with Crippen LogP contribution < -0.4 is 10.1 Å². The molecule has 5 heteroatoms. The minimum atomic E-state index is -0.408. The van der Waals surface area contributed by atoms with Crippen LogP contribution in [0.5, 0.6) is 5.75 Å². The maximum absolute atomic E-state index is 10.8. The monoisotopic (exact) mass is 278 g/mol. The summed E-state index contributed by atoms with van der Waals surface area (Å²) in [5.74, 6) is 2.01. The van der Waals surface area contributed by atoms with Crippen LogP contribution in [0, 0.1) is 22.0 Å². The fraction of sp³-hybridized carbons (Fsp3) is 0.600. The molecule has 2 rings (SSSR count). The highest BCUT2D eigenvalue weighted by Gasteiger charge is 2.19. The molecular weight excluding hydrogens is 256 g/mol. The van der Waals surface area contributed by atoms with E-state index in [1.165, 1.54) is 44.9 Å². The van der Waals surface area contributed by atoms with Crippen LogP contribution in [0.25, 0.3) is 0 Å².